The van der Waals surface area contributed by atoms with Crippen LogP contribution in [-0.4, -0.2) is 43.0 Å². The first-order valence-corrected chi connectivity index (χ1v) is 8.20. The van der Waals surface area contributed by atoms with Crippen molar-refractivity contribution >= 4 is 22.8 Å². The van der Waals surface area contributed by atoms with Crippen LogP contribution in [0.5, 0.6) is 0 Å². The molecule has 2 heterocycles. The Bertz CT molecular complexity index is 975. The highest BCUT2D eigenvalue weighted by atomic mass is 16.4. The SMILES string of the molecule is Cc1c(C(=O)N[C@H](C(=O)O)C(C)C)nnn1-c1cccc2cccnc12. The molecule has 0 spiro atoms. The third-order valence-electron chi connectivity index (χ3n) is 4.17. The number of carboxylic acids is 1. The second-order valence-electron chi connectivity index (χ2n) is 6.32. The molecule has 8 heteroatoms. The molecule has 0 unspecified atom stereocenters. The molecule has 0 saturated carbocycles. The van der Waals surface area contributed by atoms with Gasteiger partial charge < -0.3 is 10.4 Å². The van der Waals surface area contributed by atoms with Gasteiger partial charge in [-0.15, -0.1) is 5.10 Å². The molecule has 26 heavy (non-hydrogen) atoms. The van der Waals surface area contributed by atoms with E-state index in [1.54, 1.807) is 27.0 Å². The highest BCUT2D eigenvalue weighted by molar-refractivity contribution is 5.96. The molecule has 1 atom stereocenters. The molecule has 3 rings (SSSR count). The van der Waals surface area contributed by atoms with Crippen molar-refractivity contribution in [3.63, 3.8) is 0 Å². The summed E-state index contributed by atoms with van der Waals surface area (Å²) in [4.78, 5) is 28.2. The summed E-state index contributed by atoms with van der Waals surface area (Å²) in [6.07, 6.45) is 1.69. The summed E-state index contributed by atoms with van der Waals surface area (Å²) in [6.45, 7) is 5.16. The Morgan fingerprint density at radius 1 is 1.19 bits per heavy atom. The van der Waals surface area contributed by atoms with Crippen molar-refractivity contribution < 1.29 is 14.7 Å². The normalized spacial score (nSPS) is 12.3. The number of benzene rings is 1. The highest BCUT2D eigenvalue weighted by Crippen LogP contribution is 2.21. The van der Waals surface area contributed by atoms with Gasteiger partial charge in [-0.3, -0.25) is 9.78 Å². The van der Waals surface area contributed by atoms with Crippen molar-refractivity contribution in [2.45, 2.75) is 26.8 Å². The number of carbonyl (C=O) groups is 2. The fourth-order valence-corrected chi connectivity index (χ4v) is 2.75. The van der Waals surface area contributed by atoms with Crippen LogP contribution >= 0.6 is 0 Å². The number of aliphatic carboxylic acids is 1. The first-order chi connectivity index (χ1) is 12.4. The number of hydrogen-bond acceptors (Lipinski definition) is 5. The van der Waals surface area contributed by atoms with Crippen LogP contribution < -0.4 is 5.32 Å². The van der Waals surface area contributed by atoms with E-state index < -0.39 is 17.9 Å². The molecule has 0 aliphatic heterocycles. The lowest BCUT2D eigenvalue weighted by Gasteiger charge is -2.17. The first-order valence-electron chi connectivity index (χ1n) is 8.20. The third kappa shape index (κ3) is 3.13. The van der Waals surface area contributed by atoms with Crippen molar-refractivity contribution in [3.8, 4) is 5.69 Å². The van der Waals surface area contributed by atoms with Crippen LogP contribution in [0, 0.1) is 12.8 Å². The van der Waals surface area contributed by atoms with Gasteiger partial charge in [0.1, 0.15) is 6.04 Å². The monoisotopic (exact) mass is 353 g/mol. The Balaban J connectivity index is 1.98. The van der Waals surface area contributed by atoms with Gasteiger partial charge in [0.05, 0.1) is 16.9 Å². The molecule has 0 saturated heterocycles. The van der Waals surface area contributed by atoms with E-state index in [0.29, 0.717) is 11.4 Å². The van der Waals surface area contributed by atoms with E-state index >= 15 is 0 Å². The van der Waals surface area contributed by atoms with E-state index in [0.717, 1.165) is 10.9 Å². The zero-order valence-electron chi connectivity index (χ0n) is 14.7. The van der Waals surface area contributed by atoms with Gasteiger partial charge in [-0.1, -0.05) is 37.3 Å². The number of nitrogens with zero attached hydrogens (tertiary/aromatic N) is 4. The maximum Gasteiger partial charge on any atom is 0.326 e. The van der Waals surface area contributed by atoms with Crippen molar-refractivity contribution in [1.29, 1.82) is 0 Å². The number of aromatic nitrogens is 4. The summed E-state index contributed by atoms with van der Waals surface area (Å²) < 4.78 is 1.54. The van der Waals surface area contributed by atoms with Crippen LogP contribution in [0.3, 0.4) is 0 Å². The molecule has 0 aliphatic rings. The molecule has 134 valence electrons. The van der Waals surface area contributed by atoms with E-state index in [9.17, 15) is 14.7 Å². The summed E-state index contributed by atoms with van der Waals surface area (Å²) in [6, 6.07) is 8.44. The number of nitrogens with one attached hydrogen (secondary N) is 1. The summed E-state index contributed by atoms with van der Waals surface area (Å²) >= 11 is 0. The van der Waals surface area contributed by atoms with E-state index in [1.807, 2.05) is 30.3 Å². The van der Waals surface area contributed by atoms with Gasteiger partial charge >= 0.3 is 5.97 Å². The quantitative estimate of drug-likeness (QED) is 0.725. The van der Waals surface area contributed by atoms with Crippen molar-refractivity contribution in [1.82, 2.24) is 25.3 Å². The van der Waals surface area contributed by atoms with Gasteiger partial charge in [0, 0.05) is 11.6 Å². The molecule has 0 aliphatic carbocycles. The number of carbonyl (C=O) groups excluding carboxylic acids is 1. The van der Waals surface area contributed by atoms with Crippen LogP contribution in [0.4, 0.5) is 0 Å². The lowest BCUT2D eigenvalue weighted by Crippen LogP contribution is -2.44. The van der Waals surface area contributed by atoms with Crippen molar-refractivity contribution in [2.24, 2.45) is 5.92 Å². The Morgan fingerprint density at radius 3 is 2.62 bits per heavy atom. The van der Waals surface area contributed by atoms with Gasteiger partial charge in [-0.25, -0.2) is 9.48 Å². The third-order valence-corrected chi connectivity index (χ3v) is 4.17. The van der Waals surface area contributed by atoms with Crippen molar-refractivity contribution in [2.75, 3.05) is 0 Å². The summed E-state index contributed by atoms with van der Waals surface area (Å²) in [7, 11) is 0. The molecule has 0 fully saturated rings. The van der Waals surface area contributed by atoms with E-state index in [1.165, 1.54) is 4.68 Å². The van der Waals surface area contributed by atoms with E-state index in [-0.39, 0.29) is 11.6 Å². The van der Waals surface area contributed by atoms with E-state index in [2.05, 4.69) is 20.6 Å². The van der Waals surface area contributed by atoms with Crippen LogP contribution in [0.1, 0.15) is 30.0 Å². The van der Waals surface area contributed by atoms with Crippen LogP contribution in [0.25, 0.3) is 16.6 Å². The second kappa shape index (κ2) is 6.91. The van der Waals surface area contributed by atoms with Crippen LogP contribution in [0.2, 0.25) is 0 Å². The number of amides is 1. The smallest absolute Gasteiger partial charge is 0.326 e. The summed E-state index contributed by atoms with van der Waals surface area (Å²) in [5, 5.41) is 20.7. The Labute approximate surface area is 149 Å². The second-order valence-corrected chi connectivity index (χ2v) is 6.32. The molecule has 0 radical (unpaired) electrons. The topological polar surface area (TPSA) is 110 Å². The zero-order chi connectivity index (χ0) is 18.8. The van der Waals surface area contributed by atoms with Gasteiger partial charge in [0.15, 0.2) is 5.69 Å². The summed E-state index contributed by atoms with van der Waals surface area (Å²) in [5.74, 6) is -1.91. The lowest BCUT2D eigenvalue weighted by atomic mass is 10.0. The highest BCUT2D eigenvalue weighted by Gasteiger charge is 2.27. The lowest BCUT2D eigenvalue weighted by molar-refractivity contribution is -0.140. The number of rotatable bonds is 5. The minimum atomic E-state index is -1.09. The van der Waals surface area contributed by atoms with Gasteiger partial charge in [0.2, 0.25) is 0 Å². The van der Waals surface area contributed by atoms with Crippen LogP contribution in [0.15, 0.2) is 36.5 Å². The molecule has 0 bridgehead atoms. The summed E-state index contributed by atoms with van der Waals surface area (Å²) in [5.41, 5.74) is 2.03. The minimum absolute atomic E-state index is 0.0878. The number of para-hydroxylation sites is 1. The fraction of sp³-hybridized carbons (Fsp3) is 0.278. The van der Waals surface area contributed by atoms with E-state index in [4.69, 9.17) is 0 Å². The standard InChI is InChI=1S/C18H19N5O3/c1-10(2)14(18(25)26)20-17(24)15-11(3)23(22-21-15)13-8-4-6-12-7-5-9-19-16(12)13/h4-10,14H,1-3H3,(H,20,24)(H,25,26)/t14-/m0/s1. The molecule has 2 N–H and O–H groups in total. The number of hydrogen-bond donors (Lipinski definition) is 2. The fourth-order valence-electron chi connectivity index (χ4n) is 2.75. The maximum absolute atomic E-state index is 12.5. The Morgan fingerprint density at radius 2 is 1.92 bits per heavy atom. The predicted molar refractivity (Wildman–Crippen MR) is 95.1 cm³/mol. The van der Waals surface area contributed by atoms with Crippen LogP contribution in [-0.2, 0) is 4.79 Å². The zero-order valence-corrected chi connectivity index (χ0v) is 14.7. The Kier molecular flexibility index (Phi) is 4.66. The molecular formula is C18H19N5O3. The molecule has 1 amide bonds. The number of carboxylic acid groups (broad SMARTS) is 1. The average Bonchev–Trinajstić information content (AvgIpc) is 2.99. The largest absolute Gasteiger partial charge is 0.480 e. The Hall–Kier alpha value is -3.29. The van der Waals surface area contributed by atoms with Crippen molar-refractivity contribution in [3.05, 3.63) is 47.9 Å². The first kappa shape index (κ1) is 17.5. The predicted octanol–water partition coefficient (Wildman–Crippen LogP) is 1.96. The molecule has 2 aromatic heterocycles. The van der Waals surface area contributed by atoms with Gasteiger partial charge in [-0.05, 0) is 25.0 Å². The maximum atomic E-state index is 12.5. The molecular weight excluding hydrogens is 334 g/mol. The number of fused-ring (bicyclic) bond motifs is 1. The van der Waals surface area contributed by atoms with Gasteiger partial charge in [-0.2, -0.15) is 0 Å². The molecule has 8 nitrogen and oxygen atoms in total. The molecule has 3 aromatic rings. The minimum Gasteiger partial charge on any atom is -0.480 e. The van der Waals surface area contributed by atoms with Gasteiger partial charge in [0.25, 0.3) is 5.91 Å². The average molecular weight is 353 g/mol. The number of pyridine rings is 1. The molecule has 1 aromatic carbocycles.